The van der Waals surface area contributed by atoms with E-state index in [-0.39, 0.29) is 36.2 Å². The van der Waals surface area contributed by atoms with E-state index in [2.05, 4.69) is 42.6 Å². The summed E-state index contributed by atoms with van der Waals surface area (Å²) >= 11 is 0. The number of allylic oxidation sites excluding steroid dienone is 7. The molecule has 1 saturated heterocycles. The minimum atomic E-state index is -0.537. The monoisotopic (exact) mass is 507 g/mol. The molecule has 0 radical (unpaired) electrons. The molecule has 0 aromatic heterocycles. The summed E-state index contributed by atoms with van der Waals surface area (Å²) in [6.45, 7) is 11.7. The predicted octanol–water partition coefficient (Wildman–Crippen LogP) is 5.47. The first-order chi connectivity index (χ1) is 17.6. The molecular weight excluding hydrogens is 462 g/mol. The highest BCUT2D eigenvalue weighted by atomic mass is 16.6. The molecule has 3 N–H and O–H groups in total. The zero-order valence-electron chi connectivity index (χ0n) is 23.2. The molecule has 202 valence electrons. The van der Waals surface area contributed by atoms with Gasteiger partial charge in [0.05, 0.1) is 18.8 Å². The molecule has 5 heteroatoms. The number of aliphatic hydroxyl groups excluding tert-OH is 2. The van der Waals surface area contributed by atoms with Crippen molar-refractivity contribution in [1.82, 2.24) is 5.32 Å². The third-order valence-corrected chi connectivity index (χ3v) is 6.84. The molecule has 1 aliphatic rings. The van der Waals surface area contributed by atoms with Crippen LogP contribution in [0.1, 0.15) is 53.5 Å². The van der Waals surface area contributed by atoms with Gasteiger partial charge in [-0.2, -0.15) is 0 Å². The van der Waals surface area contributed by atoms with Gasteiger partial charge in [-0.05, 0) is 57.6 Å². The SMILES string of the molecule is CC(=CC=CC=CC=C[C@@]1(C)O[C@@H]1[C@@H](C)[C@@H](O)C(C)=C[C@@H](C)CCc1ccccc1)C(=O)N[C@@H](C)CO. The van der Waals surface area contributed by atoms with E-state index in [0.717, 1.165) is 18.4 Å². The van der Waals surface area contributed by atoms with Crippen LogP contribution in [0, 0.1) is 11.8 Å². The Balaban J connectivity index is 1.80. The van der Waals surface area contributed by atoms with Crippen molar-refractivity contribution < 1.29 is 19.7 Å². The van der Waals surface area contributed by atoms with E-state index in [4.69, 9.17) is 9.84 Å². The van der Waals surface area contributed by atoms with Gasteiger partial charge >= 0.3 is 0 Å². The zero-order valence-corrected chi connectivity index (χ0v) is 23.2. The molecule has 1 aliphatic heterocycles. The molecule has 0 bridgehead atoms. The Hall–Kier alpha value is -2.73. The lowest BCUT2D eigenvalue weighted by Crippen LogP contribution is -2.35. The van der Waals surface area contributed by atoms with Crippen LogP contribution in [0.4, 0.5) is 0 Å². The fraction of sp³-hybridized carbons (Fsp3) is 0.469. The molecule has 5 nitrogen and oxygen atoms in total. The number of ether oxygens (including phenoxy) is 1. The Morgan fingerprint density at radius 2 is 1.73 bits per heavy atom. The van der Waals surface area contributed by atoms with E-state index in [0.29, 0.717) is 11.5 Å². The highest BCUT2D eigenvalue weighted by molar-refractivity contribution is 5.93. The third kappa shape index (κ3) is 10.3. The van der Waals surface area contributed by atoms with Gasteiger partial charge in [0, 0.05) is 17.5 Å². The number of aliphatic hydroxyl groups is 2. The van der Waals surface area contributed by atoms with Crippen LogP contribution in [0.2, 0.25) is 0 Å². The third-order valence-electron chi connectivity index (χ3n) is 6.84. The van der Waals surface area contributed by atoms with Crippen LogP contribution >= 0.6 is 0 Å². The van der Waals surface area contributed by atoms with Gasteiger partial charge < -0.3 is 20.3 Å². The van der Waals surface area contributed by atoms with Crippen molar-refractivity contribution in [3.05, 3.63) is 95.6 Å². The second kappa shape index (κ2) is 14.9. The molecule has 0 saturated carbocycles. The van der Waals surface area contributed by atoms with Crippen molar-refractivity contribution in [3.63, 3.8) is 0 Å². The number of carbonyl (C=O) groups excluding carboxylic acids is 1. The lowest BCUT2D eigenvalue weighted by molar-refractivity contribution is -0.118. The molecule has 1 aromatic rings. The molecule has 6 atom stereocenters. The summed E-state index contributed by atoms with van der Waals surface area (Å²) < 4.78 is 5.98. The van der Waals surface area contributed by atoms with Crippen molar-refractivity contribution in [2.75, 3.05) is 6.61 Å². The number of benzene rings is 1. The predicted molar refractivity (Wildman–Crippen MR) is 152 cm³/mol. The molecule has 37 heavy (non-hydrogen) atoms. The Morgan fingerprint density at radius 3 is 2.41 bits per heavy atom. The topological polar surface area (TPSA) is 82.1 Å². The summed E-state index contributed by atoms with van der Waals surface area (Å²) in [5.41, 5.74) is 2.54. The van der Waals surface area contributed by atoms with Crippen molar-refractivity contribution >= 4 is 5.91 Å². The van der Waals surface area contributed by atoms with Crippen molar-refractivity contribution in [2.24, 2.45) is 11.8 Å². The normalized spacial score (nSPS) is 23.9. The fourth-order valence-corrected chi connectivity index (χ4v) is 4.35. The lowest BCUT2D eigenvalue weighted by atomic mass is 9.87. The molecule has 1 amide bonds. The van der Waals surface area contributed by atoms with Gasteiger partial charge in [0.2, 0.25) is 5.91 Å². The average molecular weight is 508 g/mol. The average Bonchev–Trinajstić information content (AvgIpc) is 3.57. The molecule has 1 heterocycles. The van der Waals surface area contributed by atoms with Crippen LogP contribution < -0.4 is 5.32 Å². The first-order valence-electron chi connectivity index (χ1n) is 13.3. The highest BCUT2D eigenvalue weighted by Crippen LogP contribution is 2.44. The van der Waals surface area contributed by atoms with Gasteiger partial charge in [-0.25, -0.2) is 0 Å². The van der Waals surface area contributed by atoms with Crippen molar-refractivity contribution in [2.45, 2.75) is 78.2 Å². The van der Waals surface area contributed by atoms with Gasteiger partial charge in [0.25, 0.3) is 0 Å². The quantitative estimate of drug-likeness (QED) is 0.135. The number of amides is 1. The number of aryl methyl sites for hydroxylation is 1. The Labute approximate surface area is 223 Å². The standard InChI is InChI=1S/C32H45NO4/c1-23(18-19-28-16-12-10-13-17-28)21-25(3)29(35)27(5)30-32(6,37-30)20-14-9-7-8-11-15-24(2)31(36)33-26(4)22-34/h7-17,20-21,23,26-27,29-30,34-35H,18-19,22H2,1-6H3,(H,33,36)/t23-,26-,27-,29-,30+,32+/m0/s1. The number of nitrogens with one attached hydrogen (secondary N) is 1. The van der Waals surface area contributed by atoms with E-state index in [1.165, 1.54) is 5.56 Å². The zero-order chi connectivity index (χ0) is 27.4. The maximum atomic E-state index is 11.9. The number of epoxide rings is 1. The summed E-state index contributed by atoms with van der Waals surface area (Å²) in [5.74, 6) is 0.190. The molecule has 2 rings (SSSR count). The van der Waals surface area contributed by atoms with Gasteiger partial charge in [-0.3, -0.25) is 4.79 Å². The molecule has 0 unspecified atom stereocenters. The highest BCUT2D eigenvalue weighted by Gasteiger charge is 2.54. The molecule has 1 fully saturated rings. The maximum absolute atomic E-state index is 11.9. The largest absolute Gasteiger partial charge is 0.394 e. The summed E-state index contributed by atoms with van der Waals surface area (Å²) in [7, 11) is 0. The van der Waals surface area contributed by atoms with Crippen LogP contribution in [-0.4, -0.2) is 46.6 Å². The van der Waals surface area contributed by atoms with Gasteiger partial charge in [-0.15, -0.1) is 0 Å². The van der Waals surface area contributed by atoms with Gasteiger partial charge in [0.1, 0.15) is 5.60 Å². The van der Waals surface area contributed by atoms with E-state index in [1.54, 1.807) is 26.0 Å². The van der Waals surface area contributed by atoms with Gasteiger partial charge in [0.15, 0.2) is 0 Å². The van der Waals surface area contributed by atoms with E-state index < -0.39 is 6.10 Å². The fourth-order valence-electron chi connectivity index (χ4n) is 4.35. The maximum Gasteiger partial charge on any atom is 0.247 e. The minimum absolute atomic E-state index is 0.0103. The van der Waals surface area contributed by atoms with Gasteiger partial charge in [-0.1, -0.05) is 92.8 Å². The lowest BCUT2D eigenvalue weighted by Gasteiger charge is -2.20. The minimum Gasteiger partial charge on any atom is -0.394 e. The number of rotatable bonds is 14. The molecule has 1 aromatic carbocycles. The summed E-state index contributed by atoms with van der Waals surface area (Å²) in [4.78, 5) is 11.9. The van der Waals surface area contributed by atoms with Crippen LogP contribution in [0.3, 0.4) is 0 Å². The van der Waals surface area contributed by atoms with Crippen LogP contribution in [0.25, 0.3) is 0 Å². The van der Waals surface area contributed by atoms with E-state index >= 15 is 0 Å². The molecule has 0 spiro atoms. The summed E-state index contributed by atoms with van der Waals surface area (Å²) in [6, 6.07) is 10.2. The first kappa shape index (κ1) is 30.5. The van der Waals surface area contributed by atoms with E-state index in [9.17, 15) is 9.90 Å². The second-order valence-electron chi connectivity index (χ2n) is 10.5. The first-order valence-corrected chi connectivity index (χ1v) is 13.3. The van der Waals surface area contributed by atoms with Crippen LogP contribution in [-0.2, 0) is 16.0 Å². The Kier molecular flexibility index (Phi) is 12.3. The Morgan fingerprint density at radius 1 is 1.08 bits per heavy atom. The number of hydrogen-bond acceptors (Lipinski definition) is 4. The number of hydrogen-bond donors (Lipinski definition) is 3. The molecular formula is C32H45NO4. The number of carbonyl (C=O) groups is 1. The summed E-state index contributed by atoms with van der Waals surface area (Å²) in [5, 5.41) is 22.7. The van der Waals surface area contributed by atoms with Crippen LogP contribution in [0.5, 0.6) is 0 Å². The van der Waals surface area contributed by atoms with E-state index in [1.807, 2.05) is 57.2 Å². The second-order valence-corrected chi connectivity index (χ2v) is 10.5. The Bertz CT molecular complexity index is 1010. The van der Waals surface area contributed by atoms with Crippen molar-refractivity contribution in [1.29, 1.82) is 0 Å². The molecule has 0 aliphatic carbocycles. The van der Waals surface area contributed by atoms with Crippen molar-refractivity contribution in [3.8, 4) is 0 Å². The van der Waals surface area contributed by atoms with Crippen LogP contribution in [0.15, 0.2) is 90.1 Å². The summed E-state index contributed by atoms with van der Waals surface area (Å²) in [6.07, 6.45) is 16.9. The smallest absolute Gasteiger partial charge is 0.247 e.